The lowest BCUT2D eigenvalue weighted by molar-refractivity contribution is -0.198. The van der Waals surface area contributed by atoms with Crippen molar-refractivity contribution in [2.75, 3.05) is 12.8 Å². The topological polar surface area (TPSA) is 75.7 Å². The average molecular weight is 418 g/mol. The van der Waals surface area contributed by atoms with Crippen molar-refractivity contribution < 1.29 is 23.5 Å². The molecule has 1 heterocycles. The molecule has 0 bridgehead atoms. The Hall–Kier alpha value is -0.380. The monoisotopic (exact) mass is 417 g/mol. The van der Waals surface area contributed by atoms with Gasteiger partial charge >= 0.3 is 5.97 Å². The Bertz CT molecular complexity index is 441. The Morgan fingerprint density at radius 1 is 0.893 bits per heavy atom. The summed E-state index contributed by atoms with van der Waals surface area (Å²) in [5.41, 5.74) is 0. The van der Waals surface area contributed by atoms with Crippen molar-refractivity contribution >= 4 is 13.6 Å². The molecule has 1 saturated heterocycles. The first-order valence-corrected chi connectivity index (χ1v) is 13.4. The van der Waals surface area contributed by atoms with Gasteiger partial charge in [-0.25, -0.2) is 0 Å². The maximum atomic E-state index is 11.7. The van der Waals surface area contributed by atoms with Gasteiger partial charge in [0.25, 0.3) is 0 Å². The number of esters is 1. The van der Waals surface area contributed by atoms with E-state index in [0.717, 1.165) is 12.8 Å². The highest BCUT2D eigenvalue weighted by molar-refractivity contribution is 7.51. The molecule has 1 aliphatic heterocycles. The third kappa shape index (κ3) is 14.6. The summed E-state index contributed by atoms with van der Waals surface area (Å²) in [6, 6.07) is 0. The normalized spacial score (nSPS) is 21.9. The predicted molar refractivity (Wildman–Crippen MR) is 112 cm³/mol. The second-order valence-corrected chi connectivity index (χ2v) is 10.1. The molecule has 0 spiro atoms. The van der Waals surface area contributed by atoms with Gasteiger partial charge in [-0.15, -0.1) is 0 Å². The molecular formula is C22H42O5P-. The van der Waals surface area contributed by atoms with Crippen LogP contribution in [0.4, 0.5) is 0 Å². The molecule has 1 unspecified atom stereocenters. The fourth-order valence-corrected chi connectivity index (χ4v) is 4.98. The highest BCUT2D eigenvalue weighted by Gasteiger charge is 2.27. The van der Waals surface area contributed by atoms with Gasteiger partial charge in [-0.1, -0.05) is 96.8 Å². The van der Waals surface area contributed by atoms with E-state index in [9.17, 15) is 14.3 Å². The highest BCUT2D eigenvalue weighted by atomic mass is 31.2. The van der Waals surface area contributed by atoms with Crippen LogP contribution in [0.5, 0.6) is 0 Å². The van der Waals surface area contributed by atoms with Crippen molar-refractivity contribution in [1.29, 1.82) is 0 Å². The third-order valence-electron chi connectivity index (χ3n) is 5.45. The van der Waals surface area contributed by atoms with Gasteiger partial charge in [-0.2, -0.15) is 0 Å². The predicted octanol–water partition coefficient (Wildman–Crippen LogP) is 6.13. The first-order chi connectivity index (χ1) is 13.5. The fourth-order valence-electron chi connectivity index (χ4n) is 3.65. The number of hydrogen-bond acceptors (Lipinski definition) is 5. The van der Waals surface area contributed by atoms with Gasteiger partial charge in [-0.3, -0.25) is 4.79 Å². The summed E-state index contributed by atoms with van der Waals surface area (Å²) in [5, 5.41) is 0. The Labute approximate surface area is 172 Å². The van der Waals surface area contributed by atoms with Crippen LogP contribution >= 0.6 is 7.60 Å². The van der Waals surface area contributed by atoms with Crippen LogP contribution < -0.4 is 4.89 Å². The molecule has 0 aromatic carbocycles. The summed E-state index contributed by atoms with van der Waals surface area (Å²) in [7, 11) is -3.65. The third-order valence-corrected chi connectivity index (χ3v) is 6.87. The Morgan fingerprint density at radius 2 is 1.36 bits per heavy atom. The number of carbonyl (C=O) groups excluding carboxylic acids is 1. The average Bonchev–Trinajstić information content (AvgIpc) is 3.02. The Balaban J connectivity index is 1.77. The maximum Gasteiger partial charge on any atom is 0.305 e. The number of hydrogen-bond donors (Lipinski definition) is 0. The SMILES string of the molecule is CCCCCCCCCCCCCCCCCC(=O)OC[C@H]1CCP(=O)([O-])O1. The van der Waals surface area contributed by atoms with Gasteiger partial charge in [-0.05, 0) is 12.8 Å². The van der Waals surface area contributed by atoms with Crippen LogP contribution in [0.3, 0.4) is 0 Å². The molecule has 5 nitrogen and oxygen atoms in total. The van der Waals surface area contributed by atoms with Gasteiger partial charge in [0.1, 0.15) is 14.2 Å². The van der Waals surface area contributed by atoms with Crippen LogP contribution in [0.1, 0.15) is 116 Å². The molecule has 6 heteroatoms. The summed E-state index contributed by atoms with van der Waals surface area (Å²) < 4.78 is 21.1. The summed E-state index contributed by atoms with van der Waals surface area (Å²) in [6.45, 7) is 2.32. The van der Waals surface area contributed by atoms with E-state index in [4.69, 9.17) is 9.26 Å². The van der Waals surface area contributed by atoms with Gasteiger partial charge < -0.3 is 18.7 Å². The van der Waals surface area contributed by atoms with Gasteiger partial charge in [0.15, 0.2) is 0 Å². The summed E-state index contributed by atoms with van der Waals surface area (Å²) in [6.07, 6.45) is 19.9. The van der Waals surface area contributed by atoms with E-state index in [0.29, 0.717) is 12.8 Å². The molecule has 1 rings (SSSR count). The van der Waals surface area contributed by atoms with E-state index in [1.807, 2.05) is 0 Å². The minimum absolute atomic E-state index is 0.0499. The molecule has 2 atom stereocenters. The number of unbranched alkanes of at least 4 members (excludes halogenated alkanes) is 14. The second-order valence-electron chi connectivity index (χ2n) is 8.23. The summed E-state index contributed by atoms with van der Waals surface area (Å²) in [4.78, 5) is 22.8. The molecule has 0 aromatic heterocycles. The maximum absolute atomic E-state index is 11.7. The molecular weight excluding hydrogens is 375 g/mol. The Morgan fingerprint density at radius 3 is 1.79 bits per heavy atom. The van der Waals surface area contributed by atoms with E-state index >= 15 is 0 Å². The van der Waals surface area contributed by atoms with Crippen LogP contribution in [-0.2, 0) is 18.6 Å². The molecule has 0 aromatic rings. The highest BCUT2D eigenvalue weighted by Crippen LogP contribution is 2.46. The Kier molecular flexibility index (Phi) is 15.0. The van der Waals surface area contributed by atoms with Crippen LogP contribution in [0, 0.1) is 0 Å². The quantitative estimate of drug-likeness (QED) is 0.152. The smallest absolute Gasteiger partial charge is 0.305 e. The van der Waals surface area contributed by atoms with Gasteiger partial charge in [0, 0.05) is 12.6 Å². The minimum atomic E-state index is -3.65. The molecule has 0 aliphatic carbocycles. The van der Waals surface area contributed by atoms with E-state index in [2.05, 4.69) is 6.92 Å². The zero-order chi connectivity index (χ0) is 20.5. The van der Waals surface area contributed by atoms with Crippen LogP contribution in [0.2, 0.25) is 0 Å². The van der Waals surface area contributed by atoms with Crippen LogP contribution in [0.25, 0.3) is 0 Å². The summed E-state index contributed by atoms with van der Waals surface area (Å²) in [5.74, 6) is -0.245. The van der Waals surface area contributed by atoms with Crippen molar-refractivity contribution in [3.8, 4) is 0 Å². The van der Waals surface area contributed by atoms with Crippen molar-refractivity contribution in [2.24, 2.45) is 0 Å². The van der Waals surface area contributed by atoms with Crippen LogP contribution in [-0.4, -0.2) is 24.8 Å². The first-order valence-electron chi connectivity index (χ1n) is 11.7. The van der Waals surface area contributed by atoms with Crippen molar-refractivity contribution in [3.63, 3.8) is 0 Å². The zero-order valence-electron chi connectivity index (χ0n) is 18.0. The molecule has 0 saturated carbocycles. The second kappa shape index (κ2) is 16.4. The fraction of sp³-hybridized carbons (Fsp3) is 0.955. The molecule has 0 N–H and O–H groups in total. The van der Waals surface area contributed by atoms with E-state index in [1.165, 1.54) is 83.5 Å². The molecule has 0 amide bonds. The largest absolute Gasteiger partial charge is 0.778 e. The van der Waals surface area contributed by atoms with Crippen LogP contribution in [0.15, 0.2) is 0 Å². The number of rotatable bonds is 18. The molecule has 28 heavy (non-hydrogen) atoms. The van der Waals surface area contributed by atoms with E-state index < -0.39 is 13.7 Å². The minimum Gasteiger partial charge on any atom is -0.778 e. The van der Waals surface area contributed by atoms with Gasteiger partial charge in [0.05, 0.1) is 6.10 Å². The van der Waals surface area contributed by atoms with Crippen molar-refractivity contribution in [2.45, 2.75) is 122 Å². The molecule has 1 fully saturated rings. The lowest BCUT2D eigenvalue weighted by Gasteiger charge is -2.17. The van der Waals surface area contributed by atoms with Crippen molar-refractivity contribution in [1.82, 2.24) is 0 Å². The van der Waals surface area contributed by atoms with Gasteiger partial charge in [0.2, 0.25) is 0 Å². The van der Waals surface area contributed by atoms with Crippen molar-refractivity contribution in [3.05, 3.63) is 0 Å². The standard InChI is InChI=1S/C22H43O5P/c1-2-3-4-5-6-7-8-9-10-11-12-13-14-15-16-17-22(23)26-20-21-18-19-28(24,25)27-21/h21H,2-20H2,1H3,(H,24,25)/p-1/t21-/m1/s1. The number of carbonyl (C=O) groups is 1. The van der Waals surface area contributed by atoms with E-state index in [1.54, 1.807) is 0 Å². The lowest BCUT2D eigenvalue weighted by atomic mass is 10.0. The molecule has 0 radical (unpaired) electrons. The summed E-state index contributed by atoms with van der Waals surface area (Å²) >= 11 is 0. The zero-order valence-corrected chi connectivity index (χ0v) is 18.9. The van der Waals surface area contributed by atoms with E-state index in [-0.39, 0.29) is 18.7 Å². The molecule has 166 valence electrons. The first kappa shape index (κ1) is 25.7. The molecule has 1 aliphatic rings. The lowest BCUT2D eigenvalue weighted by Crippen LogP contribution is -2.18. The number of ether oxygens (including phenoxy) is 1.